The first-order chi connectivity index (χ1) is 4.46. The summed E-state index contributed by atoms with van der Waals surface area (Å²) in [6.45, 7) is 5.45. The van der Waals surface area contributed by atoms with E-state index in [1.54, 1.807) is 6.92 Å². The minimum Gasteiger partial charge on any atom is -0.481 e. The zero-order valence-electron chi connectivity index (χ0n) is 6.66. The molecule has 0 spiro atoms. The molecule has 0 aliphatic carbocycles. The normalized spacial score (nSPS) is 16.9. The molecule has 60 valence electrons. The summed E-state index contributed by atoms with van der Waals surface area (Å²) in [6.07, 6.45) is 0. The smallest absolute Gasteiger partial charge is 0.308 e. The second kappa shape index (κ2) is 3.56. The van der Waals surface area contributed by atoms with Crippen LogP contribution in [0.2, 0.25) is 0 Å². The van der Waals surface area contributed by atoms with Crippen molar-refractivity contribution in [2.24, 2.45) is 17.6 Å². The average molecular weight is 145 g/mol. The quantitative estimate of drug-likeness (QED) is 0.614. The SMILES string of the molecule is CC(C)[C@H](C(=O)O)[C@H](C)N. The van der Waals surface area contributed by atoms with Gasteiger partial charge in [0.15, 0.2) is 0 Å². The van der Waals surface area contributed by atoms with Crippen molar-refractivity contribution in [1.82, 2.24) is 0 Å². The molecule has 0 unspecified atom stereocenters. The van der Waals surface area contributed by atoms with Crippen molar-refractivity contribution in [3.05, 3.63) is 0 Å². The average Bonchev–Trinajstić information content (AvgIpc) is 1.59. The van der Waals surface area contributed by atoms with Gasteiger partial charge in [-0.05, 0) is 12.8 Å². The summed E-state index contributed by atoms with van der Waals surface area (Å²) in [5.41, 5.74) is 5.46. The molecule has 0 aliphatic heterocycles. The van der Waals surface area contributed by atoms with Gasteiger partial charge in [0, 0.05) is 6.04 Å². The van der Waals surface area contributed by atoms with Gasteiger partial charge in [0.1, 0.15) is 0 Å². The molecule has 0 aromatic heterocycles. The lowest BCUT2D eigenvalue weighted by molar-refractivity contribution is -0.143. The van der Waals surface area contributed by atoms with Crippen molar-refractivity contribution in [3.8, 4) is 0 Å². The van der Waals surface area contributed by atoms with E-state index in [9.17, 15) is 4.79 Å². The molecule has 0 aromatic carbocycles. The largest absolute Gasteiger partial charge is 0.481 e. The molecule has 0 saturated carbocycles. The molecule has 0 bridgehead atoms. The Kier molecular flexibility index (Phi) is 3.36. The molecule has 0 saturated heterocycles. The van der Waals surface area contributed by atoms with Gasteiger partial charge in [-0.1, -0.05) is 13.8 Å². The zero-order chi connectivity index (χ0) is 8.31. The summed E-state index contributed by atoms with van der Waals surface area (Å²) < 4.78 is 0. The molecule has 3 N–H and O–H groups in total. The molecule has 0 aromatic rings. The van der Waals surface area contributed by atoms with E-state index >= 15 is 0 Å². The number of aliphatic carboxylic acids is 1. The van der Waals surface area contributed by atoms with Gasteiger partial charge in [0.05, 0.1) is 5.92 Å². The van der Waals surface area contributed by atoms with E-state index < -0.39 is 11.9 Å². The van der Waals surface area contributed by atoms with Crippen LogP contribution < -0.4 is 5.73 Å². The van der Waals surface area contributed by atoms with Crippen LogP contribution in [0.1, 0.15) is 20.8 Å². The van der Waals surface area contributed by atoms with Crippen LogP contribution in [-0.4, -0.2) is 17.1 Å². The Morgan fingerprint density at radius 2 is 1.80 bits per heavy atom. The van der Waals surface area contributed by atoms with Gasteiger partial charge in [-0.15, -0.1) is 0 Å². The third-order valence-corrected chi connectivity index (χ3v) is 1.57. The Balaban J connectivity index is 4.12. The Hall–Kier alpha value is -0.570. The molecular formula is C7H15NO2. The van der Waals surface area contributed by atoms with Crippen molar-refractivity contribution in [3.63, 3.8) is 0 Å². The van der Waals surface area contributed by atoms with E-state index in [4.69, 9.17) is 10.8 Å². The highest BCUT2D eigenvalue weighted by Crippen LogP contribution is 2.13. The Morgan fingerprint density at radius 3 is 1.80 bits per heavy atom. The first-order valence-corrected chi connectivity index (χ1v) is 3.45. The molecule has 2 atom stereocenters. The Bertz CT molecular complexity index is 113. The summed E-state index contributed by atoms with van der Waals surface area (Å²) in [7, 11) is 0. The number of rotatable bonds is 3. The van der Waals surface area contributed by atoms with Gasteiger partial charge < -0.3 is 10.8 Å². The zero-order valence-corrected chi connectivity index (χ0v) is 6.66. The summed E-state index contributed by atoms with van der Waals surface area (Å²) >= 11 is 0. The standard InChI is InChI=1S/C7H15NO2/c1-4(2)6(5(3)8)7(9)10/h4-6H,8H2,1-3H3,(H,9,10)/t5-,6-/m0/s1. The molecule has 0 fully saturated rings. The van der Waals surface area contributed by atoms with Crippen LogP contribution >= 0.6 is 0 Å². The molecule has 3 heteroatoms. The number of carboxylic acids is 1. The fourth-order valence-corrected chi connectivity index (χ4v) is 1.12. The minimum atomic E-state index is -0.801. The predicted octanol–water partition coefficient (Wildman–Crippen LogP) is 0.690. The van der Waals surface area contributed by atoms with Gasteiger partial charge in [0.25, 0.3) is 0 Å². The number of nitrogens with two attached hydrogens (primary N) is 1. The number of carboxylic acid groups (broad SMARTS) is 1. The van der Waals surface area contributed by atoms with Gasteiger partial charge in [0.2, 0.25) is 0 Å². The lowest BCUT2D eigenvalue weighted by Crippen LogP contribution is -2.36. The highest BCUT2D eigenvalue weighted by atomic mass is 16.4. The Labute approximate surface area is 61.2 Å². The van der Waals surface area contributed by atoms with Crippen LogP contribution in [0.25, 0.3) is 0 Å². The topological polar surface area (TPSA) is 63.3 Å². The van der Waals surface area contributed by atoms with Crippen LogP contribution in [0, 0.1) is 11.8 Å². The highest BCUT2D eigenvalue weighted by Gasteiger charge is 2.24. The fraction of sp³-hybridized carbons (Fsp3) is 0.857. The first kappa shape index (κ1) is 9.43. The highest BCUT2D eigenvalue weighted by molar-refractivity contribution is 5.71. The fourth-order valence-electron chi connectivity index (χ4n) is 1.12. The van der Waals surface area contributed by atoms with E-state index in [0.29, 0.717) is 0 Å². The van der Waals surface area contributed by atoms with Crippen LogP contribution in [-0.2, 0) is 4.79 Å². The van der Waals surface area contributed by atoms with E-state index in [2.05, 4.69) is 0 Å². The maximum atomic E-state index is 10.5. The molecular weight excluding hydrogens is 130 g/mol. The van der Waals surface area contributed by atoms with Crippen LogP contribution in [0.4, 0.5) is 0 Å². The van der Waals surface area contributed by atoms with Crippen LogP contribution in [0.15, 0.2) is 0 Å². The maximum absolute atomic E-state index is 10.5. The number of carbonyl (C=O) groups is 1. The van der Waals surface area contributed by atoms with Crippen molar-refractivity contribution in [2.75, 3.05) is 0 Å². The minimum absolute atomic E-state index is 0.109. The molecule has 0 rings (SSSR count). The van der Waals surface area contributed by atoms with E-state index in [-0.39, 0.29) is 12.0 Å². The van der Waals surface area contributed by atoms with E-state index in [1.165, 1.54) is 0 Å². The molecule has 0 radical (unpaired) electrons. The summed E-state index contributed by atoms with van der Waals surface area (Å²) in [6, 6.07) is -0.266. The van der Waals surface area contributed by atoms with Crippen molar-refractivity contribution in [2.45, 2.75) is 26.8 Å². The molecule has 3 nitrogen and oxygen atoms in total. The van der Waals surface area contributed by atoms with E-state index in [1.807, 2.05) is 13.8 Å². The Morgan fingerprint density at radius 1 is 1.40 bits per heavy atom. The second-order valence-corrected chi connectivity index (χ2v) is 2.97. The first-order valence-electron chi connectivity index (χ1n) is 3.45. The van der Waals surface area contributed by atoms with E-state index in [0.717, 1.165) is 0 Å². The monoisotopic (exact) mass is 145 g/mol. The maximum Gasteiger partial charge on any atom is 0.308 e. The van der Waals surface area contributed by atoms with Crippen LogP contribution in [0.5, 0.6) is 0 Å². The third kappa shape index (κ3) is 2.35. The molecule has 10 heavy (non-hydrogen) atoms. The van der Waals surface area contributed by atoms with Gasteiger partial charge in [-0.2, -0.15) is 0 Å². The second-order valence-electron chi connectivity index (χ2n) is 2.97. The van der Waals surface area contributed by atoms with Crippen molar-refractivity contribution < 1.29 is 9.90 Å². The van der Waals surface area contributed by atoms with Gasteiger partial charge in [-0.25, -0.2) is 0 Å². The lowest BCUT2D eigenvalue weighted by Gasteiger charge is -2.19. The summed E-state index contributed by atoms with van der Waals surface area (Å²) in [4.78, 5) is 10.5. The van der Waals surface area contributed by atoms with Crippen molar-refractivity contribution in [1.29, 1.82) is 0 Å². The van der Waals surface area contributed by atoms with Gasteiger partial charge >= 0.3 is 5.97 Å². The van der Waals surface area contributed by atoms with Gasteiger partial charge in [-0.3, -0.25) is 4.79 Å². The number of hydrogen-bond acceptors (Lipinski definition) is 2. The summed E-state index contributed by atoms with van der Waals surface area (Å²) in [5, 5.41) is 8.63. The molecule has 0 heterocycles. The molecule has 0 aliphatic rings. The third-order valence-electron chi connectivity index (χ3n) is 1.57. The summed E-state index contributed by atoms with van der Waals surface area (Å²) in [5.74, 6) is -1.11. The predicted molar refractivity (Wildman–Crippen MR) is 39.6 cm³/mol. The molecule has 0 amide bonds. The van der Waals surface area contributed by atoms with Crippen LogP contribution in [0.3, 0.4) is 0 Å². The van der Waals surface area contributed by atoms with Crippen molar-refractivity contribution >= 4 is 5.97 Å². The number of hydrogen-bond donors (Lipinski definition) is 2. The lowest BCUT2D eigenvalue weighted by atomic mass is 9.90.